The molecule has 0 saturated carbocycles. The summed E-state index contributed by atoms with van der Waals surface area (Å²) in [6.45, 7) is 0. The van der Waals surface area contributed by atoms with Crippen LogP contribution >= 0.6 is 27.5 Å². The summed E-state index contributed by atoms with van der Waals surface area (Å²) in [6.07, 6.45) is -0.236. The molecular formula is C14H8BrClF2O. The Labute approximate surface area is 122 Å². The van der Waals surface area contributed by atoms with Gasteiger partial charge in [0.05, 0.1) is 5.02 Å². The molecule has 0 heterocycles. The molecule has 0 spiro atoms. The Morgan fingerprint density at radius 2 is 1.89 bits per heavy atom. The summed E-state index contributed by atoms with van der Waals surface area (Å²) in [5.41, 5.74) is 0.292. The van der Waals surface area contributed by atoms with E-state index in [1.807, 2.05) is 0 Å². The minimum Gasteiger partial charge on any atom is -0.294 e. The molecule has 0 unspecified atom stereocenters. The Hall–Kier alpha value is -1.26. The second-order valence-corrected chi connectivity index (χ2v) is 5.28. The molecule has 98 valence electrons. The number of benzene rings is 2. The second kappa shape index (κ2) is 5.80. The standard InChI is InChI=1S/C14H8BrClF2O/c15-9-1-3-12(16)11(7-9)14(19)6-8-5-10(17)2-4-13(8)18/h1-5,7H,6H2. The summed E-state index contributed by atoms with van der Waals surface area (Å²) in [5, 5.41) is 0.282. The molecule has 0 saturated heterocycles. The third-order valence-electron chi connectivity index (χ3n) is 2.59. The highest BCUT2D eigenvalue weighted by molar-refractivity contribution is 9.10. The fourth-order valence-corrected chi connectivity index (χ4v) is 2.24. The Morgan fingerprint density at radius 3 is 2.63 bits per heavy atom. The normalized spacial score (nSPS) is 10.5. The van der Waals surface area contributed by atoms with E-state index >= 15 is 0 Å². The van der Waals surface area contributed by atoms with E-state index in [2.05, 4.69) is 15.9 Å². The molecule has 19 heavy (non-hydrogen) atoms. The van der Waals surface area contributed by atoms with Crippen LogP contribution in [0.5, 0.6) is 0 Å². The predicted molar refractivity (Wildman–Crippen MR) is 73.5 cm³/mol. The van der Waals surface area contributed by atoms with Crippen LogP contribution in [0.2, 0.25) is 5.02 Å². The molecule has 0 atom stereocenters. The zero-order valence-electron chi connectivity index (χ0n) is 9.59. The average Bonchev–Trinajstić information content (AvgIpc) is 2.36. The van der Waals surface area contributed by atoms with Gasteiger partial charge in [0.25, 0.3) is 0 Å². The Kier molecular flexibility index (Phi) is 4.32. The van der Waals surface area contributed by atoms with Gasteiger partial charge in [0.15, 0.2) is 5.78 Å². The van der Waals surface area contributed by atoms with Crippen LogP contribution in [0.4, 0.5) is 8.78 Å². The molecule has 2 rings (SSSR count). The second-order valence-electron chi connectivity index (χ2n) is 3.96. The van der Waals surface area contributed by atoms with E-state index in [1.54, 1.807) is 18.2 Å². The van der Waals surface area contributed by atoms with Gasteiger partial charge < -0.3 is 0 Å². The number of halogens is 4. The highest BCUT2D eigenvalue weighted by atomic mass is 79.9. The van der Waals surface area contributed by atoms with Gasteiger partial charge in [-0.2, -0.15) is 0 Å². The molecule has 1 nitrogen and oxygen atoms in total. The zero-order chi connectivity index (χ0) is 14.0. The van der Waals surface area contributed by atoms with Gasteiger partial charge in [-0.1, -0.05) is 27.5 Å². The lowest BCUT2D eigenvalue weighted by Crippen LogP contribution is -2.06. The van der Waals surface area contributed by atoms with E-state index in [4.69, 9.17) is 11.6 Å². The monoisotopic (exact) mass is 344 g/mol. The van der Waals surface area contributed by atoms with Crippen LogP contribution in [0.25, 0.3) is 0 Å². The molecule has 2 aromatic carbocycles. The third-order valence-corrected chi connectivity index (χ3v) is 3.41. The third kappa shape index (κ3) is 3.39. The predicted octanol–water partition coefficient (Wildman–Crippen LogP) is 4.81. The lowest BCUT2D eigenvalue weighted by Gasteiger charge is -2.06. The van der Waals surface area contributed by atoms with Crippen LogP contribution in [0.1, 0.15) is 15.9 Å². The van der Waals surface area contributed by atoms with Crippen molar-refractivity contribution in [3.63, 3.8) is 0 Å². The minimum atomic E-state index is -0.610. The maximum Gasteiger partial charge on any atom is 0.168 e. The van der Waals surface area contributed by atoms with Crippen LogP contribution in [-0.2, 0) is 6.42 Å². The molecule has 0 fully saturated rings. The summed E-state index contributed by atoms with van der Waals surface area (Å²) in [5.74, 6) is -1.55. The number of carbonyl (C=O) groups excluding carboxylic acids is 1. The quantitative estimate of drug-likeness (QED) is 0.730. The lowest BCUT2D eigenvalue weighted by atomic mass is 10.0. The van der Waals surface area contributed by atoms with Crippen LogP contribution in [0.3, 0.4) is 0 Å². The van der Waals surface area contributed by atoms with Crippen LogP contribution in [0, 0.1) is 11.6 Å². The highest BCUT2D eigenvalue weighted by Crippen LogP contribution is 2.23. The number of rotatable bonds is 3. The molecule has 0 bridgehead atoms. The van der Waals surface area contributed by atoms with Gasteiger partial charge in [-0.05, 0) is 42.0 Å². The van der Waals surface area contributed by atoms with Crippen LogP contribution in [-0.4, -0.2) is 5.78 Å². The van der Waals surface area contributed by atoms with Crippen molar-refractivity contribution in [1.29, 1.82) is 0 Å². The molecule has 5 heteroatoms. The van der Waals surface area contributed by atoms with Gasteiger partial charge >= 0.3 is 0 Å². The van der Waals surface area contributed by atoms with E-state index in [1.165, 1.54) is 0 Å². The summed E-state index contributed by atoms with van der Waals surface area (Å²) in [6, 6.07) is 7.85. The van der Waals surface area contributed by atoms with E-state index in [9.17, 15) is 13.6 Å². The number of carbonyl (C=O) groups is 1. The molecule has 0 amide bonds. The molecule has 0 radical (unpaired) electrons. The summed E-state index contributed by atoms with van der Waals surface area (Å²) in [4.78, 5) is 12.1. The summed E-state index contributed by atoms with van der Waals surface area (Å²) >= 11 is 9.15. The summed E-state index contributed by atoms with van der Waals surface area (Å²) in [7, 11) is 0. The van der Waals surface area contributed by atoms with Gasteiger partial charge in [0.2, 0.25) is 0 Å². The maximum absolute atomic E-state index is 13.5. The zero-order valence-corrected chi connectivity index (χ0v) is 11.9. The highest BCUT2D eigenvalue weighted by Gasteiger charge is 2.14. The van der Waals surface area contributed by atoms with Gasteiger partial charge in [-0.15, -0.1) is 0 Å². The first-order valence-corrected chi connectivity index (χ1v) is 6.56. The van der Waals surface area contributed by atoms with E-state index in [0.29, 0.717) is 4.47 Å². The molecule has 0 N–H and O–H groups in total. The van der Waals surface area contributed by atoms with E-state index < -0.39 is 11.6 Å². The van der Waals surface area contributed by atoms with Crippen molar-refractivity contribution in [2.45, 2.75) is 6.42 Å². The van der Waals surface area contributed by atoms with Crippen LogP contribution in [0.15, 0.2) is 40.9 Å². The maximum atomic E-state index is 13.5. The number of hydrogen-bond donors (Lipinski definition) is 0. The molecule has 0 aliphatic carbocycles. The Bertz CT molecular complexity index is 643. The fraction of sp³-hybridized carbons (Fsp3) is 0.0714. The largest absolute Gasteiger partial charge is 0.294 e. The molecule has 0 aromatic heterocycles. The lowest BCUT2D eigenvalue weighted by molar-refractivity contribution is 0.0992. The van der Waals surface area contributed by atoms with Crippen LogP contribution < -0.4 is 0 Å². The van der Waals surface area contributed by atoms with Gasteiger partial charge in [0, 0.05) is 16.5 Å². The molecule has 2 aromatic rings. The first-order chi connectivity index (χ1) is 8.97. The molecular weight excluding hydrogens is 338 g/mol. The Balaban J connectivity index is 2.30. The minimum absolute atomic E-state index is 0.0149. The van der Waals surface area contributed by atoms with Crippen molar-refractivity contribution in [1.82, 2.24) is 0 Å². The number of hydrogen-bond acceptors (Lipinski definition) is 1. The van der Waals surface area contributed by atoms with Gasteiger partial charge in [0.1, 0.15) is 11.6 Å². The van der Waals surface area contributed by atoms with Gasteiger partial charge in [-0.25, -0.2) is 8.78 Å². The first-order valence-electron chi connectivity index (χ1n) is 5.39. The smallest absolute Gasteiger partial charge is 0.168 e. The van der Waals surface area contributed by atoms with E-state index in [0.717, 1.165) is 18.2 Å². The van der Waals surface area contributed by atoms with Crippen molar-refractivity contribution in [2.24, 2.45) is 0 Å². The van der Waals surface area contributed by atoms with Crippen molar-refractivity contribution in [2.75, 3.05) is 0 Å². The van der Waals surface area contributed by atoms with Crippen molar-refractivity contribution in [3.8, 4) is 0 Å². The van der Waals surface area contributed by atoms with Crippen molar-refractivity contribution < 1.29 is 13.6 Å². The first kappa shape index (κ1) is 14.2. The average molecular weight is 346 g/mol. The number of ketones is 1. The molecule has 0 aliphatic heterocycles. The van der Waals surface area contributed by atoms with Crippen molar-refractivity contribution in [3.05, 3.63) is 68.7 Å². The van der Waals surface area contributed by atoms with E-state index in [-0.39, 0.29) is 28.4 Å². The Morgan fingerprint density at radius 1 is 1.16 bits per heavy atom. The topological polar surface area (TPSA) is 17.1 Å². The van der Waals surface area contributed by atoms with Gasteiger partial charge in [-0.3, -0.25) is 4.79 Å². The SMILES string of the molecule is O=C(Cc1cc(F)ccc1F)c1cc(Br)ccc1Cl. The number of Topliss-reactive ketones (excluding diaryl/α,β-unsaturated/α-hetero) is 1. The fourth-order valence-electron chi connectivity index (χ4n) is 1.66. The summed E-state index contributed by atoms with van der Waals surface area (Å²) < 4.78 is 27.2. The molecule has 0 aliphatic rings. The van der Waals surface area contributed by atoms with Crippen molar-refractivity contribution >= 4 is 33.3 Å².